The number of carbonyl (C=O) groups excluding carboxylic acids is 2. The zero-order chi connectivity index (χ0) is 28.9. The minimum absolute atomic E-state index is 0.395. The van der Waals surface area contributed by atoms with Gasteiger partial charge in [0.2, 0.25) is 0 Å². The fraction of sp³-hybridized carbons (Fsp3) is 0.677. The van der Waals surface area contributed by atoms with Gasteiger partial charge < -0.3 is 33.2 Å². The van der Waals surface area contributed by atoms with Crippen LogP contribution in [0.1, 0.15) is 97.8 Å². The molecule has 1 heterocycles. The number of hydrogen-bond donors (Lipinski definition) is 0. The number of allylic oxidation sites excluding steroid dienone is 1. The average molecular weight is 563 g/mol. The van der Waals surface area contributed by atoms with Crippen molar-refractivity contribution in [2.45, 2.75) is 117 Å². The molecule has 1 saturated carbocycles. The van der Waals surface area contributed by atoms with Crippen molar-refractivity contribution in [3.63, 3.8) is 0 Å². The van der Waals surface area contributed by atoms with Crippen molar-refractivity contribution in [1.82, 2.24) is 0 Å². The summed E-state index contributed by atoms with van der Waals surface area (Å²) < 4.78 is 37.7. The molecule has 0 amide bonds. The van der Waals surface area contributed by atoms with Gasteiger partial charge in [-0.05, 0) is 77.3 Å². The Balaban J connectivity index is 1.47. The van der Waals surface area contributed by atoms with Crippen LogP contribution in [0.3, 0.4) is 0 Å². The van der Waals surface area contributed by atoms with Gasteiger partial charge in [0.15, 0.2) is 6.29 Å². The monoisotopic (exact) mass is 562 g/mol. The van der Waals surface area contributed by atoms with Gasteiger partial charge in [-0.3, -0.25) is 0 Å². The van der Waals surface area contributed by atoms with E-state index in [9.17, 15) is 9.59 Å². The maximum Gasteiger partial charge on any atom is 0.511 e. The van der Waals surface area contributed by atoms with Gasteiger partial charge >= 0.3 is 12.3 Å². The largest absolute Gasteiger partial charge is 0.511 e. The molecule has 0 N–H and O–H groups in total. The van der Waals surface area contributed by atoms with E-state index in [1.165, 1.54) is 51.4 Å². The molecule has 0 aromatic heterocycles. The van der Waals surface area contributed by atoms with Crippen LogP contribution in [0.2, 0.25) is 0 Å². The molecule has 3 rings (SSSR count). The second-order valence-electron chi connectivity index (χ2n) is 11.0. The van der Waals surface area contributed by atoms with Crippen LogP contribution >= 0.6 is 0 Å². The molecule has 1 aliphatic carbocycles. The number of carbonyl (C=O) groups is 2. The number of benzene rings is 1. The van der Waals surface area contributed by atoms with Gasteiger partial charge in [-0.15, -0.1) is 0 Å². The molecule has 1 aromatic carbocycles. The van der Waals surface area contributed by atoms with E-state index in [1.54, 1.807) is 39.8 Å². The molecule has 9 nitrogen and oxygen atoms in total. The van der Waals surface area contributed by atoms with Gasteiger partial charge in [0.05, 0.1) is 12.2 Å². The predicted octanol–water partition coefficient (Wildman–Crippen LogP) is 7.83. The van der Waals surface area contributed by atoms with Crippen molar-refractivity contribution in [2.75, 3.05) is 6.61 Å². The number of hydrogen-bond acceptors (Lipinski definition) is 9. The molecule has 0 bridgehead atoms. The molecular weight excluding hydrogens is 516 g/mol. The normalized spacial score (nSPS) is 23.5. The maximum atomic E-state index is 12.0. The molecule has 2 fully saturated rings. The van der Waals surface area contributed by atoms with Crippen molar-refractivity contribution in [1.29, 1.82) is 0 Å². The lowest BCUT2D eigenvalue weighted by molar-refractivity contribution is -0.163. The third-order valence-electron chi connectivity index (χ3n) is 6.84. The summed E-state index contributed by atoms with van der Waals surface area (Å²) in [5, 5.41) is 0. The number of ether oxygens (including phenoxy) is 7. The van der Waals surface area contributed by atoms with Gasteiger partial charge in [-0.25, -0.2) is 9.59 Å². The predicted molar refractivity (Wildman–Crippen MR) is 149 cm³/mol. The third kappa shape index (κ3) is 11.0. The van der Waals surface area contributed by atoms with Crippen molar-refractivity contribution < 1.29 is 42.7 Å². The van der Waals surface area contributed by atoms with Crippen LogP contribution in [0.25, 0.3) is 0 Å². The minimum Gasteiger partial charge on any atom is -0.490 e. The highest BCUT2D eigenvalue weighted by Gasteiger charge is 2.43. The SMILES string of the molecule is CCCCCC1CCC(/C=C/COc2ccc(C3O[C@H](OC(=O)OC(C)C)[C@@H](OC(=O)OC(C)C)O3)cc2)CC1. The molecular formula is C31H46O9. The van der Waals surface area contributed by atoms with E-state index in [-0.39, 0.29) is 0 Å². The zero-order valence-corrected chi connectivity index (χ0v) is 24.5. The Morgan fingerprint density at radius 3 is 1.98 bits per heavy atom. The first-order chi connectivity index (χ1) is 19.2. The smallest absolute Gasteiger partial charge is 0.490 e. The second kappa shape index (κ2) is 16.5. The van der Waals surface area contributed by atoms with Crippen LogP contribution in [0.5, 0.6) is 5.75 Å². The standard InChI is InChI=1S/C31H46O9/c1-6-7-8-10-23-12-14-24(15-13-23)11-9-20-34-26-18-16-25(17-19-26)27-37-28(39-30(32)35-21(2)3)29(38-27)40-31(33)36-22(4)5/h9,11,16-19,21-24,27-29H,6-8,10,12-15,20H2,1-5H3/b11-9+/t23?,24?,28-,29-/m1/s1. The molecule has 40 heavy (non-hydrogen) atoms. The summed E-state index contributed by atoms with van der Waals surface area (Å²) in [4.78, 5) is 24.0. The Kier molecular flexibility index (Phi) is 13.1. The number of unbranched alkanes of at least 4 members (excludes halogenated alkanes) is 2. The highest BCUT2D eigenvalue weighted by molar-refractivity contribution is 5.61. The quantitative estimate of drug-likeness (QED) is 0.135. The highest BCUT2D eigenvalue weighted by Crippen LogP contribution is 2.34. The highest BCUT2D eigenvalue weighted by atomic mass is 16.9. The fourth-order valence-electron chi connectivity index (χ4n) is 4.82. The Bertz CT molecular complexity index is 887. The van der Waals surface area contributed by atoms with Gasteiger partial charge in [0.25, 0.3) is 12.6 Å². The summed E-state index contributed by atoms with van der Waals surface area (Å²) in [7, 11) is 0. The van der Waals surface area contributed by atoms with Gasteiger partial charge in [0, 0.05) is 5.56 Å². The molecule has 1 aromatic rings. The summed E-state index contributed by atoms with van der Waals surface area (Å²) in [6, 6.07) is 7.17. The first-order valence-corrected chi connectivity index (χ1v) is 14.7. The Morgan fingerprint density at radius 1 is 0.875 bits per heavy atom. The van der Waals surface area contributed by atoms with Crippen LogP contribution in [0, 0.1) is 11.8 Å². The van der Waals surface area contributed by atoms with E-state index in [2.05, 4.69) is 19.1 Å². The molecule has 0 spiro atoms. The van der Waals surface area contributed by atoms with Gasteiger partial charge in [-0.2, -0.15) is 0 Å². The van der Waals surface area contributed by atoms with E-state index in [0.717, 1.165) is 5.92 Å². The first-order valence-electron chi connectivity index (χ1n) is 14.7. The summed E-state index contributed by atoms with van der Waals surface area (Å²) >= 11 is 0. The number of rotatable bonds is 13. The zero-order valence-electron chi connectivity index (χ0n) is 24.5. The molecule has 2 atom stereocenters. The summed E-state index contributed by atoms with van der Waals surface area (Å²) in [5.74, 6) is 2.25. The lowest BCUT2D eigenvalue weighted by Crippen LogP contribution is -2.34. The molecule has 2 aliphatic rings. The average Bonchev–Trinajstić information content (AvgIpc) is 3.28. The van der Waals surface area contributed by atoms with Crippen LogP contribution in [0.15, 0.2) is 36.4 Å². The second-order valence-corrected chi connectivity index (χ2v) is 11.0. The van der Waals surface area contributed by atoms with E-state index < -0.39 is 43.4 Å². The molecule has 224 valence electrons. The Morgan fingerprint density at radius 2 is 1.45 bits per heavy atom. The van der Waals surface area contributed by atoms with E-state index >= 15 is 0 Å². The van der Waals surface area contributed by atoms with Crippen molar-refractivity contribution in [2.24, 2.45) is 11.8 Å². The van der Waals surface area contributed by atoms with Gasteiger partial charge in [-0.1, -0.05) is 56.9 Å². The molecule has 1 aliphatic heterocycles. The van der Waals surface area contributed by atoms with Crippen molar-refractivity contribution in [3.05, 3.63) is 42.0 Å². The first kappa shape index (κ1) is 31.7. The minimum atomic E-state index is -1.33. The maximum absolute atomic E-state index is 12.0. The molecule has 0 radical (unpaired) electrons. The summed E-state index contributed by atoms with van der Waals surface area (Å²) in [6.45, 7) is 9.49. The van der Waals surface area contributed by atoms with E-state index in [1.807, 2.05) is 12.1 Å². The van der Waals surface area contributed by atoms with Crippen LogP contribution in [-0.2, 0) is 28.4 Å². The van der Waals surface area contributed by atoms with E-state index in [4.69, 9.17) is 33.2 Å². The summed E-state index contributed by atoms with van der Waals surface area (Å²) in [5.41, 5.74) is 0.632. The van der Waals surface area contributed by atoms with Crippen molar-refractivity contribution >= 4 is 12.3 Å². The lowest BCUT2D eigenvalue weighted by atomic mass is 9.79. The van der Waals surface area contributed by atoms with E-state index in [0.29, 0.717) is 23.8 Å². The van der Waals surface area contributed by atoms with Crippen LogP contribution in [-0.4, -0.2) is 43.7 Å². The fourth-order valence-corrected chi connectivity index (χ4v) is 4.82. The molecule has 0 unspecified atom stereocenters. The van der Waals surface area contributed by atoms with Gasteiger partial charge in [0.1, 0.15) is 12.4 Å². The lowest BCUT2D eigenvalue weighted by Gasteiger charge is -2.26. The van der Waals surface area contributed by atoms with Crippen molar-refractivity contribution in [3.8, 4) is 5.75 Å². The summed E-state index contributed by atoms with van der Waals surface area (Å²) in [6.07, 6.45) is 8.69. The Labute approximate surface area is 238 Å². The Hall–Kier alpha value is -2.78. The van der Waals surface area contributed by atoms with Crippen LogP contribution < -0.4 is 4.74 Å². The molecule has 1 saturated heterocycles. The molecule has 9 heteroatoms. The van der Waals surface area contributed by atoms with Crippen LogP contribution in [0.4, 0.5) is 9.59 Å². The topological polar surface area (TPSA) is 98.8 Å². The third-order valence-corrected chi connectivity index (χ3v) is 6.84.